The molecule has 0 heterocycles. The molecule has 0 unspecified atom stereocenters. The van der Waals surface area contributed by atoms with Gasteiger partial charge in [0.1, 0.15) is 6.07 Å². The molecule has 0 amide bonds. The first-order valence-corrected chi connectivity index (χ1v) is 7.71. The lowest BCUT2D eigenvalue weighted by Gasteiger charge is -2.06. The van der Waals surface area contributed by atoms with Gasteiger partial charge in [0.15, 0.2) is 0 Å². The Bertz CT molecular complexity index is 607. The molecule has 2 rings (SSSR count). The minimum absolute atomic E-state index is 0.722. The highest BCUT2D eigenvalue weighted by atomic mass is 127. The summed E-state index contributed by atoms with van der Waals surface area (Å²) in [5.74, 6) is 0.817. The average Bonchev–Trinajstić information content (AvgIpc) is 2.40. The summed E-state index contributed by atoms with van der Waals surface area (Å²) in [6.07, 6.45) is 0. The summed E-state index contributed by atoms with van der Waals surface area (Å²) in [5, 5.41) is 9.78. The first kappa shape index (κ1) is 13.7. The Morgan fingerprint density at radius 2 is 2.00 bits per heavy atom. The number of thioether (sulfide) groups is 1. The van der Waals surface area contributed by atoms with Gasteiger partial charge in [0, 0.05) is 19.2 Å². The molecule has 0 spiro atoms. The summed E-state index contributed by atoms with van der Waals surface area (Å²) in [7, 11) is 0. The predicted octanol–water partition coefficient (Wildman–Crippen LogP) is 5.11. The standard InChI is InChI=1S/C14H9ClINS/c15-12-5-6-13(16)11(7-12)9-18-14-4-2-1-3-10(14)8-17/h1-7H,9H2. The molecule has 0 saturated carbocycles. The third kappa shape index (κ3) is 3.41. The third-order valence-electron chi connectivity index (χ3n) is 2.40. The predicted molar refractivity (Wildman–Crippen MR) is 84.9 cm³/mol. The monoisotopic (exact) mass is 385 g/mol. The van der Waals surface area contributed by atoms with Crippen LogP contribution in [-0.4, -0.2) is 0 Å². The van der Waals surface area contributed by atoms with Crippen LogP contribution in [0.25, 0.3) is 0 Å². The Hall–Kier alpha value is -0.700. The lowest BCUT2D eigenvalue weighted by atomic mass is 10.2. The normalized spacial score (nSPS) is 10.1. The van der Waals surface area contributed by atoms with Crippen LogP contribution in [0.3, 0.4) is 0 Å². The Balaban J connectivity index is 2.17. The van der Waals surface area contributed by atoms with Crippen molar-refractivity contribution in [1.82, 2.24) is 0 Å². The number of nitriles is 1. The highest BCUT2D eigenvalue weighted by Crippen LogP contribution is 2.28. The number of nitrogens with zero attached hydrogens (tertiary/aromatic N) is 1. The van der Waals surface area contributed by atoms with E-state index >= 15 is 0 Å². The molecule has 0 aliphatic heterocycles. The third-order valence-corrected chi connectivity index (χ3v) is 4.81. The van der Waals surface area contributed by atoms with Crippen LogP contribution in [0.5, 0.6) is 0 Å². The molecule has 0 N–H and O–H groups in total. The van der Waals surface area contributed by atoms with Gasteiger partial charge in [-0.25, -0.2) is 0 Å². The maximum absolute atomic E-state index is 9.03. The van der Waals surface area contributed by atoms with Crippen LogP contribution >= 0.6 is 46.0 Å². The van der Waals surface area contributed by atoms with Crippen LogP contribution in [0.2, 0.25) is 5.02 Å². The minimum Gasteiger partial charge on any atom is -0.192 e. The molecule has 0 fully saturated rings. The Morgan fingerprint density at radius 3 is 2.78 bits per heavy atom. The van der Waals surface area contributed by atoms with Crippen LogP contribution in [0.4, 0.5) is 0 Å². The van der Waals surface area contributed by atoms with Crippen molar-refractivity contribution in [3.63, 3.8) is 0 Å². The van der Waals surface area contributed by atoms with E-state index in [-0.39, 0.29) is 0 Å². The van der Waals surface area contributed by atoms with Crippen LogP contribution in [0.1, 0.15) is 11.1 Å². The van der Waals surface area contributed by atoms with Crippen molar-refractivity contribution in [1.29, 1.82) is 5.26 Å². The van der Waals surface area contributed by atoms with Crippen molar-refractivity contribution in [2.24, 2.45) is 0 Å². The van der Waals surface area contributed by atoms with Gasteiger partial charge in [0.25, 0.3) is 0 Å². The van der Waals surface area contributed by atoms with Crippen molar-refractivity contribution in [3.8, 4) is 6.07 Å². The maximum atomic E-state index is 9.03. The zero-order valence-electron chi connectivity index (χ0n) is 9.36. The van der Waals surface area contributed by atoms with Crippen molar-refractivity contribution in [2.75, 3.05) is 0 Å². The molecule has 90 valence electrons. The summed E-state index contributed by atoms with van der Waals surface area (Å²) >= 11 is 9.95. The number of hydrogen-bond donors (Lipinski definition) is 0. The van der Waals surface area contributed by atoms with Gasteiger partial charge in [-0.3, -0.25) is 0 Å². The van der Waals surface area contributed by atoms with Gasteiger partial charge in [0.05, 0.1) is 5.56 Å². The summed E-state index contributed by atoms with van der Waals surface area (Å²) in [4.78, 5) is 1.01. The molecule has 0 aliphatic rings. The molecule has 0 aliphatic carbocycles. The maximum Gasteiger partial charge on any atom is 0.100 e. The number of rotatable bonds is 3. The highest BCUT2D eigenvalue weighted by Gasteiger charge is 2.05. The molecule has 18 heavy (non-hydrogen) atoms. The molecule has 0 radical (unpaired) electrons. The molecular weight excluding hydrogens is 377 g/mol. The van der Waals surface area contributed by atoms with E-state index in [9.17, 15) is 0 Å². The number of halogens is 2. The van der Waals surface area contributed by atoms with E-state index in [0.29, 0.717) is 0 Å². The van der Waals surface area contributed by atoms with E-state index in [1.54, 1.807) is 11.8 Å². The zero-order chi connectivity index (χ0) is 13.0. The van der Waals surface area contributed by atoms with Gasteiger partial charge >= 0.3 is 0 Å². The average molecular weight is 386 g/mol. The van der Waals surface area contributed by atoms with Crippen molar-refractivity contribution >= 4 is 46.0 Å². The van der Waals surface area contributed by atoms with E-state index in [1.165, 1.54) is 9.13 Å². The zero-order valence-corrected chi connectivity index (χ0v) is 13.1. The highest BCUT2D eigenvalue weighted by molar-refractivity contribution is 14.1. The van der Waals surface area contributed by atoms with Crippen LogP contribution in [-0.2, 0) is 5.75 Å². The second-order valence-electron chi connectivity index (χ2n) is 3.63. The first-order valence-electron chi connectivity index (χ1n) is 5.26. The lowest BCUT2D eigenvalue weighted by Crippen LogP contribution is -1.87. The molecular formula is C14H9ClINS. The van der Waals surface area contributed by atoms with Crippen molar-refractivity contribution in [2.45, 2.75) is 10.6 Å². The van der Waals surface area contributed by atoms with E-state index in [4.69, 9.17) is 16.9 Å². The Morgan fingerprint density at radius 1 is 1.22 bits per heavy atom. The number of benzene rings is 2. The fourth-order valence-electron chi connectivity index (χ4n) is 1.49. The van der Waals surface area contributed by atoms with Crippen LogP contribution in [0, 0.1) is 14.9 Å². The van der Waals surface area contributed by atoms with Gasteiger partial charge in [-0.2, -0.15) is 5.26 Å². The van der Waals surface area contributed by atoms with E-state index in [2.05, 4.69) is 28.7 Å². The molecule has 0 atom stereocenters. The molecule has 4 heteroatoms. The molecule has 2 aromatic carbocycles. The largest absolute Gasteiger partial charge is 0.192 e. The van der Waals surface area contributed by atoms with Gasteiger partial charge in [-0.1, -0.05) is 23.7 Å². The Kier molecular flexibility index (Phi) is 4.93. The fraction of sp³-hybridized carbons (Fsp3) is 0.0714. The van der Waals surface area contributed by atoms with Crippen LogP contribution < -0.4 is 0 Å². The van der Waals surface area contributed by atoms with E-state index in [0.717, 1.165) is 21.2 Å². The minimum atomic E-state index is 0.722. The molecule has 1 nitrogen and oxygen atoms in total. The smallest absolute Gasteiger partial charge is 0.100 e. The van der Waals surface area contributed by atoms with Crippen molar-refractivity contribution in [3.05, 3.63) is 62.2 Å². The quantitative estimate of drug-likeness (QED) is 0.541. The lowest BCUT2D eigenvalue weighted by molar-refractivity contribution is 1.33. The Labute approximate surface area is 129 Å². The fourth-order valence-corrected chi connectivity index (χ4v) is 3.47. The summed E-state index contributed by atoms with van der Waals surface area (Å²) in [6.45, 7) is 0. The molecule has 2 aromatic rings. The summed E-state index contributed by atoms with van der Waals surface area (Å²) in [6, 6.07) is 15.7. The van der Waals surface area contributed by atoms with Gasteiger partial charge in [0.2, 0.25) is 0 Å². The van der Waals surface area contributed by atoms with Gasteiger partial charge < -0.3 is 0 Å². The number of hydrogen-bond acceptors (Lipinski definition) is 2. The topological polar surface area (TPSA) is 23.8 Å². The van der Waals surface area contributed by atoms with Gasteiger partial charge in [-0.05, 0) is 58.5 Å². The molecule has 0 saturated heterocycles. The van der Waals surface area contributed by atoms with Crippen molar-refractivity contribution < 1.29 is 0 Å². The summed E-state index contributed by atoms with van der Waals surface area (Å²) in [5.41, 5.74) is 1.92. The second kappa shape index (κ2) is 6.46. The van der Waals surface area contributed by atoms with Gasteiger partial charge in [-0.15, -0.1) is 11.8 Å². The van der Waals surface area contributed by atoms with Crippen LogP contribution in [0.15, 0.2) is 47.4 Å². The van der Waals surface area contributed by atoms with E-state index < -0.39 is 0 Å². The molecule has 0 bridgehead atoms. The molecule has 0 aromatic heterocycles. The first-order chi connectivity index (χ1) is 8.70. The van der Waals surface area contributed by atoms with E-state index in [1.807, 2.05) is 42.5 Å². The second-order valence-corrected chi connectivity index (χ2v) is 6.25. The summed E-state index contributed by atoms with van der Waals surface area (Å²) < 4.78 is 1.19. The SMILES string of the molecule is N#Cc1ccccc1SCc1cc(Cl)ccc1I.